The molecule has 3 N–H and O–H groups in total. The molecule has 9 nitrogen and oxygen atoms in total. The Balaban J connectivity index is 0.00000162. The summed E-state index contributed by atoms with van der Waals surface area (Å²) in [6, 6.07) is 6.04. The molecule has 0 aliphatic carbocycles. The second-order valence-corrected chi connectivity index (χ2v) is 8.62. The largest absolute Gasteiger partial charge is 0.506 e. The number of benzene rings is 1. The number of piperazine rings is 1. The Hall–Kier alpha value is -2.72. The lowest BCUT2D eigenvalue weighted by Gasteiger charge is -2.32. The van der Waals surface area contributed by atoms with Crippen molar-refractivity contribution >= 4 is 41.7 Å². The highest BCUT2D eigenvalue weighted by Crippen LogP contribution is 2.40. The Bertz CT molecular complexity index is 1290. The molecular weight excluding hydrogens is 483 g/mol. The topological polar surface area (TPSA) is 111 Å². The Kier molecular flexibility index (Phi) is 7.52. The number of carboxylic acids is 1. The van der Waals surface area contributed by atoms with Crippen LogP contribution in [0.3, 0.4) is 0 Å². The third-order valence-electron chi connectivity index (χ3n) is 6.61. The van der Waals surface area contributed by atoms with Gasteiger partial charge in [0.25, 0.3) is 5.56 Å². The van der Waals surface area contributed by atoms with E-state index in [0.29, 0.717) is 22.6 Å². The predicted molar refractivity (Wildman–Crippen MR) is 134 cm³/mol. The van der Waals surface area contributed by atoms with Crippen molar-refractivity contribution in [3.8, 4) is 22.8 Å². The van der Waals surface area contributed by atoms with Crippen LogP contribution in [0.1, 0.15) is 21.6 Å². The molecule has 5 rings (SSSR count). The zero-order valence-corrected chi connectivity index (χ0v) is 20.6. The third-order valence-corrected chi connectivity index (χ3v) is 6.61. The lowest BCUT2D eigenvalue weighted by Crippen LogP contribution is -2.44. The van der Waals surface area contributed by atoms with Crippen molar-refractivity contribution in [1.29, 1.82) is 0 Å². The van der Waals surface area contributed by atoms with E-state index in [1.807, 2.05) is 19.2 Å². The number of nitrogens with one attached hydrogen (secondary N) is 1. The Labute approximate surface area is 208 Å². The summed E-state index contributed by atoms with van der Waals surface area (Å²) < 4.78 is 8.11. The quantitative estimate of drug-likeness (QED) is 0.496. The number of aromatic nitrogens is 2. The van der Waals surface area contributed by atoms with Gasteiger partial charge in [-0.1, -0.05) is 0 Å². The minimum atomic E-state index is -1.45. The number of pyridine rings is 1. The van der Waals surface area contributed by atoms with Gasteiger partial charge >= 0.3 is 5.97 Å². The van der Waals surface area contributed by atoms with Crippen LogP contribution < -0.4 is 10.3 Å². The fraction of sp³-hybridized carbons (Fsp3) is 0.391. The lowest BCUT2D eigenvalue weighted by molar-refractivity contribution is 0.0691. The minimum absolute atomic E-state index is 0. The average Bonchev–Trinajstić information content (AvgIpc) is 2.93. The first kappa shape index (κ1) is 25.9. The fourth-order valence-corrected chi connectivity index (χ4v) is 4.69. The van der Waals surface area contributed by atoms with Crippen LogP contribution in [-0.2, 0) is 20.0 Å². The molecule has 0 bridgehead atoms. The SMILES string of the molecule is CN1CCN(Cc2cc3cc4c(cc3n2C)OCCc2c-4[nH]c(=O)c(C(=O)O)c2O)CC1.Cl.Cl. The van der Waals surface area contributed by atoms with Gasteiger partial charge < -0.3 is 29.4 Å². The predicted octanol–water partition coefficient (Wildman–Crippen LogP) is 2.46. The normalized spacial score (nSPS) is 15.9. The molecule has 1 fully saturated rings. The van der Waals surface area contributed by atoms with Gasteiger partial charge in [-0.15, -0.1) is 24.8 Å². The van der Waals surface area contributed by atoms with Crippen LogP contribution >= 0.6 is 24.8 Å². The fourth-order valence-electron chi connectivity index (χ4n) is 4.69. The molecule has 2 aliphatic rings. The van der Waals surface area contributed by atoms with Crippen LogP contribution in [0, 0.1) is 0 Å². The highest BCUT2D eigenvalue weighted by molar-refractivity contribution is 5.94. The molecule has 34 heavy (non-hydrogen) atoms. The summed E-state index contributed by atoms with van der Waals surface area (Å²) in [6.07, 6.45) is 0.290. The Morgan fingerprint density at radius 3 is 2.50 bits per heavy atom. The number of hydrogen-bond acceptors (Lipinski definition) is 6. The van der Waals surface area contributed by atoms with Crippen LogP contribution in [0.5, 0.6) is 11.5 Å². The van der Waals surface area contributed by atoms with Gasteiger partial charge in [-0.2, -0.15) is 0 Å². The summed E-state index contributed by atoms with van der Waals surface area (Å²) in [6.45, 7) is 5.27. The molecule has 4 heterocycles. The molecule has 11 heteroatoms. The molecule has 1 saturated heterocycles. The van der Waals surface area contributed by atoms with E-state index < -0.39 is 22.8 Å². The molecule has 0 saturated carbocycles. The number of aromatic hydroxyl groups is 1. The summed E-state index contributed by atoms with van der Waals surface area (Å²) in [5.74, 6) is -1.35. The van der Waals surface area contributed by atoms with Crippen LogP contribution in [0.4, 0.5) is 0 Å². The first-order valence-corrected chi connectivity index (χ1v) is 10.7. The number of fused-ring (bicyclic) bond motifs is 4. The van der Waals surface area contributed by atoms with Crippen molar-refractivity contribution < 1.29 is 19.7 Å². The molecule has 0 spiro atoms. The zero-order chi connectivity index (χ0) is 22.6. The molecule has 0 atom stereocenters. The first-order chi connectivity index (χ1) is 15.3. The van der Waals surface area contributed by atoms with E-state index >= 15 is 0 Å². The van der Waals surface area contributed by atoms with Gasteiger partial charge in [-0.25, -0.2) is 4.79 Å². The molecular formula is C23H28Cl2N4O5. The maximum atomic E-state index is 12.4. The second-order valence-electron chi connectivity index (χ2n) is 8.62. The summed E-state index contributed by atoms with van der Waals surface area (Å²) in [4.78, 5) is 31.3. The highest BCUT2D eigenvalue weighted by atomic mass is 35.5. The van der Waals surface area contributed by atoms with Crippen molar-refractivity contribution in [3.63, 3.8) is 0 Å². The van der Waals surface area contributed by atoms with E-state index in [2.05, 4.69) is 32.5 Å². The van der Waals surface area contributed by atoms with Gasteiger partial charge in [0.15, 0.2) is 5.56 Å². The monoisotopic (exact) mass is 510 g/mol. The van der Waals surface area contributed by atoms with E-state index in [-0.39, 0.29) is 37.8 Å². The molecule has 184 valence electrons. The number of nitrogens with zero attached hydrogens (tertiary/aromatic N) is 3. The van der Waals surface area contributed by atoms with Crippen molar-refractivity contribution in [2.75, 3.05) is 39.8 Å². The maximum Gasteiger partial charge on any atom is 0.345 e. The number of aryl methyl sites for hydroxylation is 1. The number of aromatic carboxylic acids is 1. The summed E-state index contributed by atoms with van der Waals surface area (Å²) in [7, 11) is 4.18. The number of carbonyl (C=O) groups is 1. The number of hydrogen-bond donors (Lipinski definition) is 3. The first-order valence-electron chi connectivity index (χ1n) is 10.7. The van der Waals surface area contributed by atoms with Crippen LogP contribution in [0.15, 0.2) is 23.0 Å². The van der Waals surface area contributed by atoms with Crippen molar-refractivity contribution in [2.45, 2.75) is 13.0 Å². The maximum absolute atomic E-state index is 12.4. The van der Waals surface area contributed by atoms with Gasteiger partial charge in [0.2, 0.25) is 0 Å². The molecule has 0 unspecified atom stereocenters. The molecule has 0 radical (unpaired) electrons. The summed E-state index contributed by atoms with van der Waals surface area (Å²) >= 11 is 0. The Morgan fingerprint density at radius 1 is 1.12 bits per heavy atom. The van der Waals surface area contributed by atoms with Gasteiger partial charge in [-0.05, 0) is 19.2 Å². The third kappa shape index (κ3) is 4.36. The minimum Gasteiger partial charge on any atom is -0.506 e. The lowest BCUT2D eigenvalue weighted by atomic mass is 9.99. The number of halogens is 2. The van der Waals surface area contributed by atoms with Crippen molar-refractivity contribution in [3.05, 3.63) is 45.4 Å². The van der Waals surface area contributed by atoms with Gasteiger partial charge in [-0.3, -0.25) is 9.69 Å². The van der Waals surface area contributed by atoms with Gasteiger partial charge in [0.1, 0.15) is 11.5 Å². The van der Waals surface area contributed by atoms with Crippen LogP contribution in [0.25, 0.3) is 22.2 Å². The van der Waals surface area contributed by atoms with Gasteiger partial charge in [0.05, 0.1) is 17.8 Å². The molecule has 2 aromatic heterocycles. The molecule has 0 amide bonds. The van der Waals surface area contributed by atoms with Crippen LogP contribution in [0.2, 0.25) is 0 Å². The Morgan fingerprint density at radius 2 is 1.82 bits per heavy atom. The zero-order valence-electron chi connectivity index (χ0n) is 19.0. The standard InChI is InChI=1S/C23H26N4O5.2ClH/c1-25-4-6-27(7-5-25)12-14-9-13-10-16-18(11-17(13)26(14)2)32-8-3-15-20(16)24-22(29)19(21(15)28)23(30)31;;/h9-11H,3-8,12H2,1-2H3,(H,30,31)(H2,24,28,29);2*1H. The van der Waals surface area contributed by atoms with E-state index in [4.69, 9.17) is 4.74 Å². The number of aromatic amines is 1. The summed E-state index contributed by atoms with van der Waals surface area (Å²) in [5, 5.41) is 20.8. The average molecular weight is 511 g/mol. The smallest absolute Gasteiger partial charge is 0.345 e. The van der Waals surface area contributed by atoms with Crippen molar-refractivity contribution in [2.24, 2.45) is 7.05 Å². The number of rotatable bonds is 3. The molecule has 1 aromatic carbocycles. The van der Waals surface area contributed by atoms with E-state index in [0.717, 1.165) is 43.6 Å². The van der Waals surface area contributed by atoms with E-state index in [9.17, 15) is 19.8 Å². The number of H-pyrrole nitrogens is 1. The molecule has 2 aliphatic heterocycles. The molecule has 3 aromatic rings. The second kappa shape index (κ2) is 9.87. The number of likely N-dealkylation sites (N-methyl/N-ethyl adjacent to an activating group) is 1. The summed E-state index contributed by atoms with van der Waals surface area (Å²) in [5.41, 5.74) is 2.18. The van der Waals surface area contributed by atoms with E-state index in [1.54, 1.807) is 0 Å². The highest BCUT2D eigenvalue weighted by Gasteiger charge is 2.27. The van der Waals surface area contributed by atoms with Crippen molar-refractivity contribution in [1.82, 2.24) is 19.4 Å². The number of carboxylic acid groups (broad SMARTS) is 1. The van der Waals surface area contributed by atoms with E-state index in [1.165, 1.54) is 5.69 Å². The van der Waals surface area contributed by atoms with Crippen LogP contribution in [-0.4, -0.2) is 75.4 Å². The number of ether oxygens (including phenoxy) is 1. The van der Waals surface area contributed by atoms with Gasteiger partial charge in [0, 0.05) is 74.5 Å².